The summed E-state index contributed by atoms with van der Waals surface area (Å²) in [4.78, 5) is 11.9. The third-order valence-corrected chi connectivity index (χ3v) is 3.14. The van der Waals surface area contributed by atoms with Gasteiger partial charge in [-0.05, 0) is 49.6 Å². The summed E-state index contributed by atoms with van der Waals surface area (Å²) >= 11 is 0. The number of carbonyl (C=O) groups is 1. The molecule has 104 valence electrons. The van der Waals surface area contributed by atoms with Gasteiger partial charge in [0, 0.05) is 12.1 Å². The SMILES string of the molecule is Cc1cccc(C(=O)NCCCc2ccc(O)cc2)c1. The van der Waals surface area contributed by atoms with Crippen LogP contribution in [0.5, 0.6) is 5.75 Å². The van der Waals surface area contributed by atoms with E-state index in [0.717, 1.165) is 24.0 Å². The predicted octanol–water partition coefficient (Wildman–Crippen LogP) is 3.06. The van der Waals surface area contributed by atoms with Crippen molar-refractivity contribution < 1.29 is 9.90 Å². The summed E-state index contributed by atoms with van der Waals surface area (Å²) in [5.74, 6) is 0.251. The molecule has 0 saturated carbocycles. The lowest BCUT2D eigenvalue weighted by molar-refractivity contribution is 0.0953. The van der Waals surface area contributed by atoms with Crippen LogP contribution >= 0.6 is 0 Å². The van der Waals surface area contributed by atoms with Crippen LogP contribution in [0.1, 0.15) is 27.9 Å². The number of phenols is 1. The van der Waals surface area contributed by atoms with E-state index in [2.05, 4.69) is 5.32 Å². The number of aromatic hydroxyl groups is 1. The van der Waals surface area contributed by atoms with E-state index in [1.807, 2.05) is 43.3 Å². The van der Waals surface area contributed by atoms with Crippen LogP contribution in [0.4, 0.5) is 0 Å². The molecule has 0 radical (unpaired) electrons. The number of aryl methyl sites for hydroxylation is 2. The number of phenolic OH excluding ortho intramolecular Hbond substituents is 1. The molecule has 0 atom stereocenters. The Balaban J connectivity index is 1.76. The number of nitrogens with one attached hydrogen (secondary N) is 1. The van der Waals surface area contributed by atoms with Crippen molar-refractivity contribution in [2.24, 2.45) is 0 Å². The Kier molecular flexibility index (Phi) is 4.77. The molecule has 0 saturated heterocycles. The zero-order valence-electron chi connectivity index (χ0n) is 11.6. The highest BCUT2D eigenvalue weighted by atomic mass is 16.3. The molecule has 0 bridgehead atoms. The Labute approximate surface area is 119 Å². The normalized spacial score (nSPS) is 10.2. The van der Waals surface area contributed by atoms with Crippen LogP contribution in [0, 0.1) is 6.92 Å². The molecule has 3 heteroatoms. The van der Waals surface area contributed by atoms with E-state index in [-0.39, 0.29) is 11.7 Å². The second kappa shape index (κ2) is 6.75. The van der Waals surface area contributed by atoms with E-state index in [1.165, 1.54) is 0 Å². The monoisotopic (exact) mass is 269 g/mol. The molecule has 0 spiro atoms. The van der Waals surface area contributed by atoms with Crippen LogP contribution in [-0.2, 0) is 6.42 Å². The third kappa shape index (κ3) is 4.12. The molecule has 0 aliphatic heterocycles. The summed E-state index contributed by atoms with van der Waals surface area (Å²) in [5.41, 5.74) is 2.95. The first-order chi connectivity index (χ1) is 9.65. The van der Waals surface area contributed by atoms with Gasteiger partial charge in [-0.2, -0.15) is 0 Å². The lowest BCUT2D eigenvalue weighted by Gasteiger charge is -2.06. The number of hydrogen-bond donors (Lipinski definition) is 2. The van der Waals surface area contributed by atoms with Gasteiger partial charge in [0.15, 0.2) is 0 Å². The first-order valence-electron chi connectivity index (χ1n) is 6.78. The number of carbonyl (C=O) groups excluding carboxylic acids is 1. The molecule has 3 nitrogen and oxygen atoms in total. The van der Waals surface area contributed by atoms with Crippen LogP contribution in [0.2, 0.25) is 0 Å². The van der Waals surface area contributed by atoms with E-state index in [9.17, 15) is 9.90 Å². The minimum Gasteiger partial charge on any atom is -0.508 e. The maximum absolute atomic E-state index is 11.9. The average Bonchev–Trinajstić information content (AvgIpc) is 2.45. The number of benzene rings is 2. The highest BCUT2D eigenvalue weighted by molar-refractivity contribution is 5.94. The molecule has 1 amide bonds. The fourth-order valence-electron chi connectivity index (χ4n) is 2.05. The van der Waals surface area contributed by atoms with E-state index in [4.69, 9.17) is 0 Å². The molecular weight excluding hydrogens is 250 g/mol. The Hall–Kier alpha value is -2.29. The average molecular weight is 269 g/mol. The van der Waals surface area contributed by atoms with Gasteiger partial charge < -0.3 is 10.4 Å². The summed E-state index contributed by atoms with van der Waals surface area (Å²) in [7, 11) is 0. The van der Waals surface area contributed by atoms with Crippen molar-refractivity contribution in [1.29, 1.82) is 0 Å². The third-order valence-electron chi connectivity index (χ3n) is 3.14. The first-order valence-corrected chi connectivity index (χ1v) is 6.78. The molecule has 20 heavy (non-hydrogen) atoms. The fraction of sp³-hybridized carbons (Fsp3) is 0.235. The van der Waals surface area contributed by atoms with Gasteiger partial charge in [-0.1, -0.05) is 29.8 Å². The Morgan fingerprint density at radius 3 is 2.60 bits per heavy atom. The number of hydrogen-bond acceptors (Lipinski definition) is 2. The first kappa shape index (κ1) is 14.1. The number of rotatable bonds is 5. The zero-order valence-corrected chi connectivity index (χ0v) is 11.6. The van der Waals surface area contributed by atoms with Gasteiger partial charge in [0.05, 0.1) is 0 Å². The maximum atomic E-state index is 11.9. The van der Waals surface area contributed by atoms with Crippen LogP contribution < -0.4 is 5.32 Å². The van der Waals surface area contributed by atoms with Crippen molar-refractivity contribution in [3.8, 4) is 5.75 Å². The van der Waals surface area contributed by atoms with Crippen LogP contribution in [0.15, 0.2) is 48.5 Å². The van der Waals surface area contributed by atoms with Crippen molar-refractivity contribution in [1.82, 2.24) is 5.32 Å². The Morgan fingerprint density at radius 1 is 1.15 bits per heavy atom. The van der Waals surface area contributed by atoms with Crippen LogP contribution in [0.3, 0.4) is 0 Å². The van der Waals surface area contributed by atoms with Gasteiger partial charge in [0.2, 0.25) is 0 Å². The van der Waals surface area contributed by atoms with E-state index in [1.54, 1.807) is 12.1 Å². The Bertz CT molecular complexity index is 576. The van der Waals surface area contributed by atoms with Gasteiger partial charge in [-0.15, -0.1) is 0 Å². The molecule has 0 unspecified atom stereocenters. The van der Waals surface area contributed by atoms with Crippen LogP contribution in [0.25, 0.3) is 0 Å². The molecule has 0 aliphatic rings. The second-order valence-electron chi connectivity index (χ2n) is 4.90. The van der Waals surface area contributed by atoms with E-state index >= 15 is 0 Å². The molecule has 2 aromatic rings. The standard InChI is InChI=1S/C17H19NO2/c1-13-4-2-6-15(12-13)17(20)18-11-3-5-14-7-9-16(19)10-8-14/h2,4,6-10,12,19H,3,5,11H2,1H3,(H,18,20). The molecule has 0 heterocycles. The van der Waals surface area contributed by atoms with Gasteiger partial charge in [0.1, 0.15) is 5.75 Å². The molecule has 0 aromatic heterocycles. The summed E-state index contributed by atoms with van der Waals surface area (Å²) in [6.45, 7) is 2.62. The van der Waals surface area contributed by atoms with Crippen molar-refractivity contribution in [3.05, 3.63) is 65.2 Å². The zero-order chi connectivity index (χ0) is 14.4. The lowest BCUT2D eigenvalue weighted by Crippen LogP contribution is -2.24. The van der Waals surface area contributed by atoms with Gasteiger partial charge in [0.25, 0.3) is 5.91 Å². The van der Waals surface area contributed by atoms with Crippen molar-refractivity contribution in [2.45, 2.75) is 19.8 Å². The second-order valence-corrected chi connectivity index (χ2v) is 4.90. The topological polar surface area (TPSA) is 49.3 Å². The minimum atomic E-state index is -0.0283. The molecule has 0 fully saturated rings. The van der Waals surface area contributed by atoms with Crippen molar-refractivity contribution >= 4 is 5.91 Å². The van der Waals surface area contributed by atoms with Gasteiger partial charge in [-0.25, -0.2) is 0 Å². The summed E-state index contributed by atoms with van der Waals surface area (Å²) in [6, 6.07) is 14.7. The van der Waals surface area contributed by atoms with Crippen molar-refractivity contribution in [2.75, 3.05) is 6.54 Å². The number of amides is 1. The minimum absolute atomic E-state index is 0.0283. The van der Waals surface area contributed by atoms with E-state index in [0.29, 0.717) is 12.1 Å². The largest absolute Gasteiger partial charge is 0.508 e. The Morgan fingerprint density at radius 2 is 1.90 bits per heavy atom. The van der Waals surface area contributed by atoms with Gasteiger partial charge >= 0.3 is 0 Å². The quantitative estimate of drug-likeness (QED) is 0.820. The van der Waals surface area contributed by atoms with Gasteiger partial charge in [-0.3, -0.25) is 4.79 Å². The molecule has 2 aromatic carbocycles. The highest BCUT2D eigenvalue weighted by Gasteiger charge is 2.04. The molecular formula is C17H19NO2. The summed E-state index contributed by atoms with van der Waals surface area (Å²) < 4.78 is 0. The highest BCUT2D eigenvalue weighted by Crippen LogP contribution is 2.11. The molecule has 2 N–H and O–H groups in total. The van der Waals surface area contributed by atoms with E-state index < -0.39 is 0 Å². The fourth-order valence-corrected chi connectivity index (χ4v) is 2.05. The smallest absolute Gasteiger partial charge is 0.251 e. The molecule has 0 aliphatic carbocycles. The lowest BCUT2D eigenvalue weighted by atomic mass is 10.1. The summed E-state index contributed by atoms with van der Waals surface area (Å²) in [5, 5.41) is 12.1. The molecule has 2 rings (SSSR count). The summed E-state index contributed by atoms with van der Waals surface area (Å²) in [6.07, 6.45) is 1.76. The predicted molar refractivity (Wildman–Crippen MR) is 79.9 cm³/mol. The maximum Gasteiger partial charge on any atom is 0.251 e. The van der Waals surface area contributed by atoms with Crippen LogP contribution in [-0.4, -0.2) is 17.6 Å². The van der Waals surface area contributed by atoms with Crippen molar-refractivity contribution in [3.63, 3.8) is 0 Å².